The summed E-state index contributed by atoms with van der Waals surface area (Å²) in [6.45, 7) is 1.77. The van der Waals surface area contributed by atoms with Crippen LogP contribution in [0.15, 0.2) is 35.6 Å². The first-order valence-electron chi connectivity index (χ1n) is 5.91. The Hall–Kier alpha value is -2.83. The largest absolute Gasteiger partial charge is 0.409 e. The van der Waals surface area contributed by atoms with E-state index in [4.69, 9.17) is 10.9 Å². The van der Waals surface area contributed by atoms with E-state index in [9.17, 15) is 4.79 Å². The number of H-pyrrole nitrogens is 1. The van der Waals surface area contributed by atoms with Crippen LogP contribution < -0.4 is 10.6 Å². The molecule has 1 amide bonds. The molecule has 1 aromatic carbocycles. The van der Waals surface area contributed by atoms with Crippen LogP contribution >= 0.6 is 0 Å². The van der Waals surface area contributed by atoms with Gasteiger partial charge in [0, 0.05) is 18.3 Å². The Morgan fingerprint density at radius 1 is 1.40 bits per heavy atom. The van der Waals surface area contributed by atoms with Crippen LogP contribution in [0, 0.1) is 6.92 Å². The number of rotatable bonds is 3. The van der Waals surface area contributed by atoms with Gasteiger partial charge >= 0.3 is 0 Å². The van der Waals surface area contributed by atoms with Gasteiger partial charge in [-0.15, -0.1) is 0 Å². The molecule has 0 aliphatic heterocycles. The molecule has 0 atom stereocenters. The normalized spacial score (nSPS) is 11.4. The van der Waals surface area contributed by atoms with E-state index in [-0.39, 0.29) is 11.7 Å². The van der Waals surface area contributed by atoms with Gasteiger partial charge in [0.1, 0.15) is 0 Å². The summed E-state index contributed by atoms with van der Waals surface area (Å²) in [7, 11) is 1.62. The molecule has 0 radical (unpaired) electrons. The monoisotopic (exact) mass is 273 g/mol. The van der Waals surface area contributed by atoms with Crippen molar-refractivity contribution in [3.05, 3.63) is 47.3 Å². The summed E-state index contributed by atoms with van der Waals surface area (Å²) in [4.78, 5) is 13.8. The lowest BCUT2D eigenvalue weighted by Crippen LogP contribution is -2.29. The molecule has 7 nitrogen and oxygen atoms in total. The van der Waals surface area contributed by atoms with E-state index < -0.39 is 0 Å². The van der Waals surface area contributed by atoms with Gasteiger partial charge in [-0.25, -0.2) is 0 Å². The molecular formula is C13H15N5O2. The van der Waals surface area contributed by atoms with Crippen molar-refractivity contribution in [2.24, 2.45) is 10.9 Å². The zero-order chi connectivity index (χ0) is 14.7. The van der Waals surface area contributed by atoms with Crippen molar-refractivity contribution >= 4 is 17.4 Å². The van der Waals surface area contributed by atoms with Crippen molar-refractivity contribution in [2.75, 3.05) is 11.9 Å². The highest BCUT2D eigenvalue weighted by Crippen LogP contribution is 2.21. The summed E-state index contributed by atoms with van der Waals surface area (Å²) in [5, 5.41) is 18.3. The third-order valence-corrected chi connectivity index (χ3v) is 3.01. The molecule has 0 unspecified atom stereocenters. The van der Waals surface area contributed by atoms with Gasteiger partial charge in [0.05, 0.1) is 17.4 Å². The van der Waals surface area contributed by atoms with Crippen LogP contribution in [0.4, 0.5) is 5.69 Å². The van der Waals surface area contributed by atoms with Gasteiger partial charge in [-0.3, -0.25) is 9.89 Å². The van der Waals surface area contributed by atoms with Gasteiger partial charge in [0.15, 0.2) is 5.84 Å². The smallest absolute Gasteiger partial charge is 0.261 e. The number of benzene rings is 1. The minimum atomic E-state index is -0.227. The number of nitrogens with one attached hydrogen (secondary N) is 1. The van der Waals surface area contributed by atoms with Gasteiger partial charge in [0.25, 0.3) is 5.91 Å². The number of nitrogens with two attached hydrogens (primary N) is 1. The van der Waals surface area contributed by atoms with Gasteiger partial charge < -0.3 is 15.8 Å². The number of hydrogen-bond donors (Lipinski definition) is 3. The lowest BCUT2D eigenvalue weighted by Gasteiger charge is -2.19. The maximum absolute atomic E-state index is 12.4. The zero-order valence-corrected chi connectivity index (χ0v) is 11.2. The summed E-state index contributed by atoms with van der Waals surface area (Å²) >= 11 is 0. The SMILES string of the molecule is Cc1[nH]ncc1C(=O)N(C)c1ccccc1/C(N)=N/O. The van der Waals surface area contributed by atoms with Gasteiger partial charge in [0.2, 0.25) is 0 Å². The highest BCUT2D eigenvalue weighted by Gasteiger charge is 2.20. The molecule has 0 spiro atoms. The van der Waals surface area contributed by atoms with Crippen molar-refractivity contribution in [3.8, 4) is 0 Å². The third kappa shape index (κ3) is 2.33. The number of aromatic nitrogens is 2. The molecule has 1 heterocycles. The number of amidine groups is 1. The van der Waals surface area contributed by atoms with E-state index >= 15 is 0 Å². The van der Waals surface area contributed by atoms with Crippen LogP contribution in [0.1, 0.15) is 21.6 Å². The van der Waals surface area contributed by atoms with E-state index in [1.807, 2.05) is 0 Å². The number of oxime groups is 1. The second-order valence-corrected chi connectivity index (χ2v) is 4.28. The fraction of sp³-hybridized carbons (Fsp3) is 0.154. The maximum Gasteiger partial charge on any atom is 0.261 e. The number of carbonyl (C=O) groups excluding carboxylic acids is 1. The fourth-order valence-corrected chi connectivity index (χ4v) is 1.89. The number of anilines is 1. The van der Waals surface area contributed by atoms with Crippen LogP contribution in [0.2, 0.25) is 0 Å². The Labute approximate surface area is 115 Å². The van der Waals surface area contributed by atoms with Crippen molar-refractivity contribution in [3.63, 3.8) is 0 Å². The first-order valence-corrected chi connectivity index (χ1v) is 5.91. The lowest BCUT2D eigenvalue weighted by molar-refractivity contribution is 0.0992. The highest BCUT2D eigenvalue weighted by atomic mass is 16.4. The van der Waals surface area contributed by atoms with E-state index in [0.717, 1.165) is 0 Å². The third-order valence-electron chi connectivity index (χ3n) is 3.01. The van der Waals surface area contributed by atoms with E-state index in [1.165, 1.54) is 11.1 Å². The molecule has 20 heavy (non-hydrogen) atoms. The van der Waals surface area contributed by atoms with Crippen LogP contribution in [0.3, 0.4) is 0 Å². The fourth-order valence-electron chi connectivity index (χ4n) is 1.89. The molecule has 104 valence electrons. The number of amides is 1. The van der Waals surface area contributed by atoms with Gasteiger partial charge in [-0.05, 0) is 19.1 Å². The number of nitrogens with zero attached hydrogens (tertiary/aromatic N) is 3. The first-order chi connectivity index (χ1) is 9.56. The second-order valence-electron chi connectivity index (χ2n) is 4.28. The molecule has 0 aliphatic rings. The lowest BCUT2D eigenvalue weighted by atomic mass is 10.1. The van der Waals surface area contributed by atoms with Crippen LogP contribution in [0.25, 0.3) is 0 Å². The van der Waals surface area contributed by atoms with Crippen LogP contribution in [-0.4, -0.2) is 34.2 Å². The van der Waals surface area contributed by atoms with E-state index in [1.54, 1.807) is 38.2 Å². The molecular weight excluding hydrogens is 258 g/mol. The number of aryl methyl sites for hydroxylation is 1. The topological polar surface area (TPSA) is 108 Å². The van der Waals surface area contributed by atoms with Crippen molar-refractivity contribution < 1.29 is 10.0 Å². The second kappa shape index (κ2) is 5.43. The molecule has 2 rings (SSSR count). The molecule has 0 fully saturated rings. The Morgan fingerprint density at radius 2 is 2.10 bits per heavy atom. The first kappa shape index (κ1) is 13.6. The zero-order valence-electron chi connectivity index (χ0n) is 11.2. The molecule has 0 bridgehead atoms. The summed E-state index contributed by atoms with van der Waals surface area (Å²) in [5.74, 6) is -0.279. The summed E-state index contributed by atoms with van der Waals surface area (Å²) < 4.78 is 0. The Morgan fingerprint density at radius 3 is 2.70 bits per heavy atom. The van der Waals surface area contributed by atoms with Crippen LogP contribution in [-0.2, 0) is 0 Å². The van der Waals surface area contributed by atoms with Gasteiger partial charge in [-0.1, -0.05) is 17.3 Å². The van der Waals surface area contributed by atoms with Crippen LogP contribution in [0.5, 0.6) is 0 Å². The Kier molecular flexibility index (Phi) is 3.69. The molecule has 7 heteroatoms. The number of para-hydroxylation sites is 1. The summed E-state index contributed by atoms with van der Waals surface area (Å²) in [5.41, 5.74) is 7.81. The van der Waals surface area contributed by atoms with E-state index in [0.29, 0.717) is 22.5 Å². The Bertz CT molecular complexity index is 662. The summed E-state index contributed by atoms with van der Waals surface area (Å²) in [6, 6.07) is 6.92. The average molecular weight is 273 g/mol. The minimum Gasteiger partial charge on any atom is -0.409 e. The molecule has 4 N–H and O–H groups in total. The molecule has 1 aromatic heterocycles. The molecule has 2 aromatic rings. The molecule has 0 saturated heterocycles. The summed E-state index contributed by atoms with van der Waals surface area (Å²) in [6.07, 6.45) is 1.47. The molecule has 0 saturated carbocycles. The van der Waals surface area contributed by atoms with Crippen molar-refractivity contribution in [2.45, 2.75) is 6.92 Å². The highest BCUT2D eigenvalue weighted by molar-refractivity contribution is 6.11. The quantitative estimate of drug-likeness (QED) is 0.336. The van der Waals surface area contributed by atoms with Gasteiger partial charge in [-0.2, -0.15) is 5.10 Å². The van der Waals surface area contributed by atoms with Crippen molar-refractivity contribution in [1.82, 2.24) is 10.2 Å². The maximum atomic E-state index is 12.4. The van der Waals surface area contributed by atoms with E-state index in [2.05, 4.69) is 15.4 Å². The standard InChI is InChI=1S/C13H15N5O2/c1-8-10(7-15-16-8)13(19)18(2)11-6-4-3-5-9(11)12(14)17-20/h3-7,20H,1-2H3,(H2,14,17)(H,15,16). The number of hydrogen-bond acceptors (Lipinski definition) is 4. The minimum absolute atomic E-state index is 0.0517. The average Bonchev–Trinajstić information content (AvgIpc) is 2.91. The van der Waals surface area contributed by atoms with Crippen molar-refractivity contribution in [1.29, 1.82) is 0 Å². The predicted octanol–water partition coefficient (Wildman–Crippen LogP) is 1.09. The Balaban J connectivity index is 2.42. The predicted molar refractivity (Wildman–Crippen MR) is 75.0 cm³/mol. The number of aromatic amines is 1. The molecule has 0 aliphatic carbocycles. The number of carbonyl (C=O) groups is 1.